The molecule has 1 heterocycles. The highest BCUT2D eigenvalue weighted by atomic mass is 16.6. The predicted molar refractivity (Wildman–Crippen MR) is 106 cm³/mol. The number of esters is 1. The number of hydrogen-bond donors (Lipinski definition) is 0. The molecule has 1 fully saturated rings. The molecular weight excluding hydrogens is 374 g/mol. The molecule has 3 rings (SSSR count). The molecule has 1 aliphatic rings. The Kier molecular flexibility index (Phi) is 7.47. The predicted octanol–water partition coefficient (Wildman–Crippen LogP) is 2.61. The van der Waals surface area contributed by atoms with E-state index >= 15 is 0 Å². The summed E-state index contributed by atoms with van der Waals surface area (Å²) in [6.07, 6.45) is -0.936. The van der Waals surface area contributed by atoms with Gasteiger partial charge in [-0.15, -0.1) is 0 Å². The monoisotopic (exact) mass is 399 g/mol. The minimum absolute atomic E-state index is 0.0335. The summed E-state index contributed by atoms with van der Waals surface area (Å²) >= 11 is 0. The van der Waals surface area contributed by atoms with Crippen molar-refractivity contribution < 1.29 is 28.5 Å². The number of morpholine rings is 1. The summed E-state index contributed by atoms with van der Waals surface area (Å²) in [6, 6.07) is 16.1. The molecule has 1 atom stereocenters. The van der Waals surface area contributed by atoms with Crippen molar-refractivity contribution in [1.29, 1.82) is 0 Å². The molecular formula is C22H25NO6. The maximum atomic E-state index is 12.9. The fourth-order valence-corrected chi connectivity index (χ4v) is 2.95. The zero-order valence-electron chi connectivity index (χ0n) is 16.4. The highest BCUT2D eigenvalue weighted by molar-refractivity contribution is 5.85. The first-order valence-corrected chi connectivity index (χ1v) is 9.55. The van der Waals surface area contributed by atoms with Crippen LogP contribution in [0.5, 0.6) is 11.5 Å². The average molecular weight is 399 g/mol. The molecule has 29 heavy (non-hydrogen) atoms. The van der Waals surface area contributed by atoms with E-state index in [0.29, 0.717) is 37.6 Å². The van der Waals surface area contributed by atoms with Crippen LogP contribution in [0, 0.1) is 0 Å². The average Bonchev–Trinajstić information content (AvgIpc) is 2.78. The molecule has 0 bridgehead atoms. The second kappa shape index (κ2) is 10.5. The van der Waals surface area contributed by atoms with Gasteiger partial charge in [-0.1, -0.05) is 30.3 Å². The van der Waals surface area contributed by atoms with Gasteiger partial charge in [-0.05, 0) is 24.3 Å². The number of nitrogens with zero attached hydrogens (tertiary/aromatic N) is 1. The third-order valence-electron chi connectivity index (χ3n) is 4.53. The number of methoxy groups -OCH3 is 1. The van der Waals surface area contributed by atoms with E-state index in [1.54, 1.807) is 48.4 Å². The molecule has 2 aromatic carbocycles. The molecule has 0 unspecified atom stereocenters. The summed E-state index contributed by atoms with van der Waals surface area (Å²) in [6.45, 7) is 2.09. The molecule has 0 N–H and O–H groups in total. The Morgan fingerprint density at radius 3 is 2.31 bits per heavy atom. The summed E-state index contributed by atoms with van der Waals surface area (Å²) in [5.41, 5.74) is 0.647. The van der Waals surface area contributed by atoms with E-state index in [2.05, 4.69) is 0 Å². The highest BCUT2D eigenvalue weighted by Crippen LogP contribution is 2.22. The quantitative estimate of drug-likeness (QED) is 0.636. The number of carbonyl (C=O) groups excluding carboxylic acids is 2. The van der Waals surface area contributed by atoms with Crippen molar-refractivity contribution >= 4 is 11.9 Å². The first kappa shape index (κ1) is 20.7. The van der Waals surface area contributed by atoms with Gasteiger partial charge < -0.3 is 23.8 Å². The molecule has 0 radical (unpaired) electrons. The number of rotatable bonds is 8. The van der Waals surface area contributed by atoms with Gasteiger partial charge in [0.15, 0.2) is 0 Å². The van der Waals surface area contributed by atoms with Crippen LogP contribution < -0.4 is 9.47 Å². The number of carbonyl (C=O) groups is 2. The van der Waals surface area contributed by atoms with Crippen molar-refractivity contribution in [1.82, 2.24) is 4.90 Å². The van der Waals surface area contributed by atoms with Gasteiger partial charge in [0.1, 0.15) is 11.5 Å². The fraction of sp³-hybridized carbons (Fsp3) is 0.364. The summed E-state index contributed by atoms with van der Waals surface area (Å²) in [5, 5.41) is 0. The van der Waals surface area contributed by atoms with E-state index in [0.717, 1.165) is 5.75 Å². The molecule has 0 spiro atoms. The van der Waals surface area contributed by atoms with E-state index < -0.39 is 12.1 Å². The van der Waals surface area contributed by atoms with Gasteiger partial charge >= 0.3 is 5.97 Å². The third kappa shape index (κ3) is 5.96. The smallest absolute Gasteiger partial charge is 0.310 e. The van der Waals surface area contributed by atoms with Crippen LogP contribution in [0.25, 0.3) is 0 Å². The minimum atomic E-state index is -0.970. The normalized spacial score (nSPS) is 14.7. The van der Waals surface area contributed by atoms with Crippen LogP contribution in [0.2, 0.25) is 0 Å². The molecule has 1 saturated heterocycles. The van der Waals surface area contributed by atoms with Crippen LogP contribution in [0.1, 0.15) is 18.1 Å². The molecule has 2 aromatic rings. The number of amides is 1. The maximum Gasteiger partial charge on any atom is 0.310 e. The molecule has 7 nitrogen and oxygen atoms in total. The molecule has 1 amide bonds. The van der Waals surface area contributed by atoms with E-state index in [4.69, 9.17) is 18.9 Å². The Bertz CT molecular complexity index is 787. The van der Waals surface area contributed by atoms with Gasteiger partial charge in [0, 0.05) is 18.7 Å². The molecule has 154 valence electrons. The molecule has 7 heteroatoms. The molecule has 0 aliphatic carbocycles. The van der Waals surface area contributed by atoms with Crippen LogP contribution >= 0.6 is 0 Å². The van der Waals surface area contributed by atoms with Crippen molar-refractivity contribution in [3.63, 3.8) is 0 Å². The molecule has 1 aliphatic heterocycles. The van der Waals surface area contributed by atoms with Crippen LogP contribution in [-0.4, -0.2) is 56.8 Å². The Balaban J connectivity index is 1.57. The number of ether oxygens (including phenoxy) is 4. The molecule has 0 aromatic heterocycles. The van der Waals surface area contributed by atoms with E-state index in [1.165, 1.54) is 0 Å². The summed E-state index contributed by atoms with van der Waals surface area (Å²) in [7, 11) is 1.59. The number of hydrogen-bond acceptors (Lipinski definition) is 6. The highest BCUT2D eigenvalue weighted by Gasteiger charge is 2.30. The lowest BCUT2D eigenvalue weighted by molar-refractivity contribution is -0.163. The number of benzene rings is 2. The zero-order chi connectivity index (χ0) is 20.5. The van der Waals surface area contributed by atoms with Crippen molar-refractivity contribution in [2.24, 2.45) is 0 Å². The van der Waals surface area contributed by atoms with Crippen LogP contribution in [0.15, 0.2) is 54.6 Å². The van der Waals surface area contributed by atoms with Crippen molar-refractivity contribution in [2.75, 3.05) is 40.0 Å². The minimum Gasteiger partial charge on any atom is -0.497 e. The summed E-state index contributed by atoms with van der Waals surface area (Å²) in [5.74, 6) is 0.629. The van der Waals surface area contributed by atoms with Crippen LogP contribution in [-0.2, 0) is 19.1 Å². The fourth-order valence-electron chi connectivity index (χ4n) is 2.95. The first-order chi connectivity index (χ1) is 14.2. The van der Waals surface area contributed by atoms with Crippen molar-refractivity contribution in [3.05, 3.63) is 60.2 Å². The van der Waals surface area contributed by atoms with Crippen molar-refractivity contribution in [2.45, 2.75) is 12.5 Å². The molecule has 0 saturated carbocycles. The largest absolute Gasteiger partial charge is 0.497 e. The second-order valence-electron chi connectivity index (χ2n) is 6.49. The zero-order valence-corrected chi connectivity index (χ0v) is 16.4. The van der Waals surface area contributed by atoms with Gasteiger partial charge in [-0.3, -0.25) is 9.59 Å². The lowest BCUT2D eigenvalue weighted by atomic mass is 10.1. The van der Waals surface area contributed by atoms with Gasteiger partial charge in [0.05, 0.1) is 33.4 Å². The van der Waals surface area contributed by atoms with Crippen LogP contribution in [0.4, 0.5) is 0 Å². The van der Waals surface area contributed by atoms with E-state index in [-0.39, 0.29) is 18.9 Å². The van der Waals surface area contributed by atoms with Gasteiger partial charge in [0.25, 0.3) is 5.91 Å². The lowest BCUT2D eigenvalue weighted by Crippen LogP contribution is -2.44. The van der Waals surface area contributed by atoms with E-state index in [9.17, 15) is 9.59 Å². The van der Waals surface area contributed by atoms with E-state index in [1.807, 2.05) is 18.2 Å². The first-order valence-electron chi connectivity index (χ1n) is 9.55. The Morgan fingerprint density at radius 2 is 1.66 bits per heavy atom. The second-order valence-corrected chi connectivity index (χ2v) is 6.49. The SMILES string of the molecule is COc1ccc(OCCC(=O)O[C@@H](C(=O)N2CCOCC2)c2ccccc2)cc1. The third-order valence-corrected chi connectivity index (χ3v) is 4.53. The Hall–Kier alpha value is -3.06. The van der Waals surface area contributed by atoms with Gasteiger partial charge in [-0.2, -0.15) is 0 Å². The lowest BCUT2D eigenvalue weighted by Gasteiger charge is -2.30. The van der Waals surface area contributed by atoms with Gasteiger partial charge in [-0.25, -0.2) is 0 Å². The summed E-state index contributed by atoms with van der Waals surface area (Å²) < 4.78 is 21.5. The van der Waals surface area contributed by atoms with Crippen molar-refractivity contribution in [3.8, 4) is 11.5 Å². The standard InChI is InChI=1S/C22H25NO6/c1-26-18-7-9-19(10-8-18)28-14-11-20(24)29-21(17-5-3-2-4-6-17)22(25)23-12-15-27-16-13-23/h2-10,21H,11-16H2,1H3/t21-/m1/s1. The Labute approximate surface area is 170 Å². The maximum absolute atomic E-state index is 12.9. The van der Waals surface area contributed by atoms with Gasteiger partial charge in [0.2, 0.25) is 6.10 Å². The topological polar surface area (TPSA) is 74.3 Å². The van der Waals surface area contributed by atoms with Crippen LogP contribution in [0.3, 0.4) is 0 Å². The summed E-state index contributed by atoms with van der Waals surface area (Å²) in [4.78, 5) is 27.0. The Morgan fingerprint density at radius 1 is 1.00 bits per heavy atom.